The maximum absolute atomic E-state index is 12.7. The molecular formula is C27H29Cl2N3O3. The van der Waals surface area contributed by atoms with E-state index in [2.05, 4.69) is 10.2 Å². The maximum atomic E-state index is 12.7. The van der Waals surface area contributed by atoms with Crippen molar-refractivity contribution in [3.05, 3.63) is 69.9 Å². The van der Waals surface area contributed by atoms with Crippen LogP contribution in [0.3, 0.4) is 0 Å². The largest absolute Gasteiger partial charge is 0.451 e. The number of benzene rings is 2. The molecule has 2 aromatic carbocycles. The van der Waals surface area contributed by atoms with Crippen LogP contribution in [-0.2, 0) is 4.79 Å². The highest BCUT2D eigenvalue weighted by Crippen LogP contribution is 2.31. The summed E-state index contributed by atoms with van der Waals surface area (Å²) in [5.74, 6) is 0.548. The molecule has 3 aromatic rings. The van der Waals surface area contributed by atoms with E-state index in [4.69, 9.17) is 27.6 Å². The van der Waals surface area contributed by atoms with E-state index >= 15 is 0 Å². The summed E-state index contributed by atoms with van der Waals surface area (Å²) in [7, 11) is 0. The second-order valence-electron chi connectivity index (χ2n) is 9.78. The SMILES string of the molecule is Cc1ccc(-c2ccc(C(=O)Nc3ccc(N4CCN(C(=O)C(C)(C)C)CC4)c(Cl)c3)o2)cc1Cl. The summed E-state index contributed by atoms with van der Waals surface area (Å²) in [4.78, 5) is 29.3. The lowest BCUT2D eigenvalue weighted by Gasteiger charge is -2.39. The molecule has 2 amide bonds. The van der Waals surface area contributed by atoms with Crippen molar-refractivity contribution in [1.29, 1.82) is 0 Å². The molecule has 8 heteroatoms. The number of hydrogen-bond donors (Lipinski definition) is 1. The molecule has 4 rings (SSSR count). The zero-order valence-electron chi connectivity index (χ0n) is 20.3. The number of nitrogens with zero attached hydrogens (tertiary/aromatic N) is 2. The van der Waals surface area contributed by atoms with Crippen LogP contribution in [0.2, 0.25) is 10.0 Å². The van der Waals surface area contributed by atoms with Gasteiger partial charge >= 0.3 is 0 Å². The van der Waals surface area contributed by atoms with Gasteiger partial charge in [-0.15, -0.1) is 0 Å². The van der Waals surface area contributed by atoms with Crippen molar-refractivity contribution in [1.82, 2.24) is 4.90 Å². The first-order chi connectivity index (χ1) is 16.5. The van der Waals surface area contributed by atoms with E-state index in [0.717, 1.165) is 16.8 Å². The minimum atomic E-state index is -0.387. The Kier molecular flexibility index (Phi) is 7.15. The van der Waals surface area contributed by atoms with Crippen molar-refractivity contribution in [2.24, 2.45) is 5.41 Å². The number of carbonyl (C=O) groups is 2. The summed E-state index contributed by atoms with van der Waals surface area (Å²) in [6.45, 7) is 10.4. The molecule has 1 aliphatic heterocycles. The molecule has 1 fully saturated rings. The topological polar surface area (TPSA) is 65.8 Å². The van der Waals surface area contributed by atoms with E-state index in [1.54, 1.807) is 18.2 Å². The molecule has 0 atom stereocenters. The summed E-state index contributed by atoms with van der Waals surface area (Å²) >= 11 is 12.8. The van der Waals surface area contributed by atoms with E-state index in [0.29, 0.717) is 47.7 Å². The zero-order chi connectivity index (χ0) is 25.3. The Balaban J connectivity index is 1.40. The molecule has 0 aliphatic carbocycles. The third kappa shape index (κ3) is 5.65. The number of amides is 2. The molecule has 184 valence electrons. The number of aryl methyl sites for hydroxylation is 1. The first-order valence-electron chi connectivity index (χ1n) is 11.5. The lowest BCUT2D eigenvalue weighted by atomic mass is 9.94. The molecule has 1 aromatic heterocycles. The van der Waals surface area contributed by atoms with Gasteiger partial charge in [-0.05, 0) is 48.9 Å². The van der Waals surface area contributed by atoms with Crippen molar-refractivity contribution < 1.29 is 14.0 Å². The van der Waals surface area contributed by atoms with Crippen LogP contribution in [0.4, 0.5) is 11.4 Å². The van der Waals surface area contributed by atoms with Crippen molar-refractivity contribution in [2.75, 3.05) is 36.4 Å². The van der Waals surface area contributed by atoms with Crippen LogP contribution in [0.5, 0.6) is 0 Å². The van der Waals surface area contributed by atoms with Gasteiger partial charge in [-0.3, -0.25) is 9.59 Å². The average molecular weight is 514 g/mol. The van der Waals surface area contributed by atoms with Gasteiger partial charge in [0.2, 0.25) is 5.91 Å². The fourth-order valence-electron chi connectivity index (χ4n) is 4.02. The Labute approximate surface area is 215 Å². The molecule has 0 saturated carbocycles. The Bertz CT molecular complexity index is 1250. The Hall–Kier alpha value is -2.96. The zero-order valence-corrected chi connectivity index (χ0v) is 21.8. The minimum absolute atomic E-state index is 0.160. The molecule has 0 radical (unpaired) electrons. The normalized spacial score (nSPS) is 14.2. The Morgan fingerprint density at radius 2 is 1.63 bits per heavy atom. The number of piperazine rings is 1. The van der Waals surface area contributed by atoms with Gasteiger partial charge in [-0.2, -0.15) is 0 Å². The predicted octanol–water partition coefficient (Wildman–Crippen LogP) is 6.51. The quantitative estimate of drug-likeness (QED) is 0.431. The fraction of sp³-hybridized carbons (Fsp3) is 0.333. The predicted molar refractivity (Wildman–Crippen MR) is 142 cm³/mol. The first kappa shape index (κ1) is 25.1. The number of rotatable bonds is 4. The molecule has 1 N–H and O–H groups in total. The number of anilines is 2. The molecule has 0 unspecified atom stereocenters. The van der Waals surface area contributed by atoms with Crippen LogP contribution in [0.25, 0.3) is 11.3 Å². The fourth-order valence-corrected chi connectivity index (χ4v) is 4.50. The van der Waals surface area contributed by atoms with Crippen LogP contribution in [0.1, 0.15) is 36.9 Å². The molecule has 6 nitrogen and oxygen atoms in total. The Morgan fingerprint density at radius 1 is 0.914 bits per heavy atom. The van der Waals surface area contributed by atoms with Gasteiger partial charge in [0.25, 0.3) is 5.91 Å². The second-order valence-corrected chi connectivity index (χ2v) is 10.6. The highest BCUT2D eigenvalue weighted by atomic mass is 35.5. The van der Waals surface area contributed by atoms with Gasteiger partial charge < -0.3 is 19.5 Å². The highest BCUT2D eigenvalue weighted by Gasteiger charge is 2.30. The minimum Gasteiger partial charge on any atom is -0.451 e. The van der Waals surface area contributed by atoms with E-state index in [1.807, 2.05) is 62.9 Å². The van der Waals surface area contributed by atoms with Crippen molar-refractivity contribution in [2.45, 2.75) is 27.7 Å². The molecule has 0 bridgehead atoms. The third-order valence-corrected chi connectivity index (χ3v) is 6.75. The van der Waals surface area contributed by atoms with E-state index in [1.165, 1.54) is 0 Å². The van der Waals surface area contributed by atoms with E-state index in [-0.39, 0.29) is 23.0 Å². The summed E-state index contributed by atoms with van der Waals surface area (Å²) in [5.41, 5.74) is 2.84. The van der Waals surface area contributed by atoms with Crippen LogP contribution >= 0.6 is 23.2 Å². The second kappa shape index (κ2) is 9.96. The molecule has 1 saturated heterocycles. The summed E-state index contributed by atoms with van der Waals surface area (Å²) in [6, 6.07) is 14.4. The molecule has 2 heterocycles. The number of nitrogens with one attached hydrogen (secondary N) is 1. The smallest absolute Gasteiger partial charge is 0.291 e. The number of furan rings is 1. The average Bonchev–Trinajstić information content (AvgIpc) is 3.31. The van der Waals surface area contributed by atoms with Crippen molar-refractivity contribution in [3.63, 3.8) is 0 Å². The summed E-state index contributed by atoms with van der Waals surface area (Å²) in [6.07, 6.45) is 0. The van der Waals surface area contributed by atoms with Gasteiger partial charge in [0, 0.05) is 47.9 Å². The maximum Gasteiger partial charge on any atom is 0.291 e. The highest BCUT2D eigenvalue weighted by molar-refractivity contribution is 6.33. The number of hydrogen-bond acceptors (Lipinski definition) is 4. The monoisotopic (exact) mass is 513 g/mol. The van der Waals surface area contributed by atoms with Gasteiger partial charge in [0.05, 0.1) is 10.7 Å². The lowest BCUT2D eigenvalue weighted by Crippen LogP contribution is -2.51. The van der Waals surface area contributed by atoms with Crippen LogP contribution in [0, 0.1) is 12.3 Å². The van der Waals surface area contributed by atoms with Gasteiger partial charge in [0.15, 0.2) is 5.76 Å². The summed E-state index contributed by atoms with van der Waals surface area (Å²) in [5, 5.41) is 4.01. The molecule has 0 spiro atoms. The van der Waals surface area contributed by atoms with E-state index in [9.17, 15) is 9.59 Å². The van der Waals surface area contributed by atoms with Crippen LogP contribution < -0.4 is 10.2 Å². The third-order valence-electron chi connectivity index (χ3n) is 6.04. The molecular weight excluding hydrogens is 485 g/mol. The number of halogens is 2. The molecule has 1 aliphatic rings. The number of carbonyl (C=O) groups excluding carboxylic acids is 2. The first-order valence-corrected chi connectivity index (χ1v) is 12.3. The van der Waals surface area contributed by atoms with Gasteiger partial charge in [0.1, 0.15) is 5.76 Å². The van der Waals surface area contributed by atoms with Crippen LogP contribution in [0.15, 0.2) is 52.9 Å². The van der Waals surface area contributed by atoms with Crippen molar-refractivity contribution >= 4 is 46.4 Å². The van der Waals surface area contributed by atoms with Crippen molar-refractivity contribution in [3.8, 4) is 11.3 Å². The lowest BCUT2D eigenvalue weighted by molar-refractivity contribution is -0.139. The van der Waals surface area contributed by atoms with Gasteiger partial charge in [-0.25, -0.2) is 0 Å². The standard InChI is InChI=1S/C27H29Cl2N3O3/c1-17-5-6-18(15-20(17)28)23-9-10-24(35-23)25(33)30-19-7-8-22(21(29)16-19)31-11-13-32(14-12-31)26(34)27(2,3)4/h5-10,15-16H,11-14H2,1-4H3,(H,30,33). The summed E-state index contributed by atoms with van der Waals surface area (Å²) < 4.78 is 5.76. The van der Waals surface area contributed by atoms with Crippen LogP contribution in [-0.4, -0.2) is 42.9 Å². The van der Waals surface area contributed by atoms with Gasteiger partial charge in [-0.1, -0.05) is 56.1 Å². The molecule has 35 heavy (non-hydrogen) atoms. The Morgan fingerprint density at radius 3 is 2.26 bits per heavy atom. The van der Waals surface area contributed by atoms with E-state index < -0.39 is 0 Å².